The number of anilines is 1. The van der Waals surface area contributed by atoms with Crippen LogP contribution in [0.4, 0.5) is 28.3 Å². The number of nitrogens with one attached hydrogen (secondary N) is 3. The molecule has 21 heteroatoms. The molecule has 4 amide bonds. The van der Waals surface area contributed by atoms with Gasteiger partial charge in [0, 0.05) is 32.0 Å². The monoisotopic (exact) mass is 871 g/mol. The number of carbonyl (C=O) groups excluding carboxylic acids is 4. The maximum atomic E-state index is 14.5. The highest BCUT2D eigenvalue weighted by Gasteiger charge is 2.64. The first-order valence-corrected chi connectivity index (χ1v) is 21.1. The second-order valence-electron chi connectivity index (χ2n) is 16.4. The van der Waals surface area contributed by atoms with Crippen LogP contribution >= 0.6 is 0 Å². The number of alkyl carbamates (subject to hydrolysis) is 1. The van der Waals surface area contributed by atoms with Crippen LogP contribution < -0.4 is 29.7 Å². The standard InChI is InChI=1S/C39H53F4N7O9S/c1-9-11-23-19-38(23,33(53)48-60(55,56)37(21-40)14-15-37)47-30(51)28-18-25(20-50(28)32(52)29(22(3)4)45-35(54)59-36(5,6)39(41,42)43)58-31-26-13-12-24(57-8)17-27(26)44-34(46-31)49(7)16-10-2/h9,11-13,17,22-23,25,28-29H,10,14-16,18-21H2,1-8H3,(H,45,54)(H,47,51)(H,48,53)/b11-9-/t23-,25-,28+,29+,38-/m1/s1. The third-order valence-electron chi connectivity index (χ3n) is 11.2. The van der Waals surface area contributed by atoms with Crippen molar-refractivity contribution in [1.82, 2.24) is 30.2 Å². The number of amides is 4. The van der Waals surface area contributed by atoms with Gasteiger partial charge in [-0.05, 0) is 64.5 Å². The number of allylic oxidation sites excluding steroid dienone is 1. The summed E-state index contributed by atoms with van der Waals surface area (Å²) in [6.07, 6.45) is -3.64. The normalized spacial score (nSPS) is 22.9. The highest BCUT2D eigenvalue weighted by molar-refractivity contribution is 7.91. The summed E-state index contributed by atoms with van der Waals surface area (Å²) in [6, 6.07) is 2.12. The van der Waals surface area contributed by atoms with Crippen molar-refractivity contribution in [3.05, 3.63) is 30.4 Å². The molecule has 2 saturated carbocycles. The molecule has 3 fully saturated rings. The zero-order valence-electron chi connectivity index (χ0n) is 34.8. The Hall–Kier alpha value is -4.95. The van der Waals surface area contributed by atoms with Gasteiger partial charge in [0.1, 0.15) is 40.9 Å². The van der Waals surface area contributed by atoms with E-state index in [2.05, 4.69) is 25.3 Å². The van der Waals surface area contributed by atoms with Crippen LogP contribution in [0.1, 0.15) is 73.6 Å². The lowest BCUT2D eigenvalue weighted by molar-refractivity contribution is -0.244. The number of likely N-dealkylation sites (tertiary alicyclic amines) is 1. The van der Waals surface area contributed by atoms with E-state index in [0.29, 0.717) is 43.0 Å². The Kier molecular flexibility index (Phi) is 13.2. The summed E-state index contributed by atoms with van der Waals surface area (Å²) in [5, 5.41) is 5.37. The molecule has 0 bridgehead atoms. The minimum Gasteiger partial charge on any atom is -0.497 e. The van der Waals surface area contributed by atoms with Crippen LogP contribution in [-0.4, -0.2) is 121 Å². The van der Waals surface area contributed by atoms with Crippen LogP contribution in [0, 0.1) is 11.8 Å². The Morgan fingerprint density at radius 1 is 1.13 bits per heavy atom. The molecule has 3 aliphatic rings. The number of halogens is 4. The highest BCUT2D eigenvalue weighted by Crippen LogP contribution is 2.48. The number of fused-ring (bicyclic) bond motifs is 1. The van der Waals surface area contributed by atoms with Gasteiger partial charge in [0.15, 0.2) is 0 Å². The Bertz CT molecular complexity index is 2120. The highest BCUT2D eigenvalue weighted by atomic mass is 32.2. The molecule has 0 radical (unpaired) electrons. The van der Waals surface area contributed by atoms with E-state index in [9.17, 15) is 45.2 Å². The predicted octanol–water partition coefficient (Wildman–Crippen LogP) is 4.32. The number of hydrogen-bond acceptors (Lipinski definition) is 12. The number of sulfonamides is 1. The van der Waals surface area contributed by atoms with E-state index in [0.717, 1.165) is 11.3 Å². The zero-order valence-corrected chi connectivity index (χ0v) is 35.6. The predicted molar refractivity (Wildman–Crippen MR) is 211 cm³/mol. The first kappa shape index (κ1) is 46.1. The van der Waals surface area contributed by atoms with Crippen molar-refractivity contribution in [2.75, 3.05) is 38.8 Å². The number of alkyl halides is 4. The minimum atomic E-state index is -4.94. The van der Waals surface area contributed by atoms with Gasteiger partial charge in [-0.1, -0.05) is 32.9 Å². The number of aromatic nitrogens is 2. The first-order valence-electron chi connectivity index (χ1n) is 19.7. The zero-order chi connectivity index (χ0) is 44.6. The van der Waals surface area contributed by atoms with Gasteiger partial charge in [-0.15, -0.1) is 0 Å². The smallest absolute Gasteiger partial charge is 0.427 e. The molecule has 332 valence electrons. The second-order valence-corrected chi connectivity index (χ2v) is 18.5. The van der Waals surface area contributed by atoms with E-state index >= 15 is 0 Å². The summed E-state index contributed by atoms with van der Waals surface area (Å²) in [7, 11) is -1.18. The van der Waals surface area contributed by atoms with Gasteiger partial charge in [0.05, 0.1) is 24.6 Å². The van der Waals surface area contributed by atoms with Gasteiger partial charge in [0.2, 0.25) is 39.3 Å². The second kappa shape index (κ2) is 17.2. The van der Waals surface area contributed by atoms with Crippen molar-refractivity contribution < 1.29 is 59.4 Å². The van der Waals surface area contributed by atoms with Gasteiger partial charge >= 0.3 is 12.3 Å². The van der Waals surface area contributed by atoms with Gasteiger partial charge < -0.3 is 34.6 Å². The largest absolute Gasteiger partial charge is 0.497 e. The molecule has 2 aliphatic carbocycles. The van der Waals surface area contributed by atoms with Crippen molar-refractivity contribution in [1.29, 1.82) is 0 Å². The van der Waals surface area contributed by atoms with Crippen molar-refractivity contribution in [3.8, 4) is 11.6 Å². The molecule has 16 nitrogen and oxygen atoms in total. The fourth-order valence-corrected chi connectivity index (χ4v) is 8.44. The molecule has 1 saturated heterocycles. The van der Waals surface area contributed by atoms with E-state index in [4.69, 9.17) is 9.47 Å². The first-order chi connectivity index (χ1) is 28.0. The molecule has 1 aromatic carbocycles. The van der Waals surface area contributed by atoms with E-state index in [1.54, 1.807) is 44.3 Å². The van der Waals surface area contributed by atoms with Crippen LogP contribution in [0.3, 0.4) is 0 Å². The van der Waals surface area contributed by atoms with Crippen molar-refractivity contribution in [2.45, 2.75) is 114 Å². The lowest BCUT2D eigenvalue weighted by Crippen LogP contribution is -2.59. The molecule has 3 N–H and O–H groups in total. The molecule has 0 unspecified atom stereocenters. The molecule has 1 aromatic heterocycles. The average molecular weight is 872 g/mol. The van der Waals surface area contributed by atoms with Gasteiger partial charge in [-0.2, -0.15) is 18.2 Å². The molecular formula is C39H53F4N7O9S. The lowest BCUT2D eigenvalue weighted by Gasteiger charge is -2.32. The Balaban J connectivity index is 1.50. The number of nitrogens with zero attached hydrogens (tertiary/aromatic N) is 4. The Morgan fingerprint density at radius 2 is 1.82 bits per heavy atom. The Morgan fingerprint density at radius 3 is 2.38 bits per heavy atom. The van der Waals surface area contributed by atoms with Gasteiger partial charge in [-0.25, -0.2) is 22.6 Å². The quantitative estimate of drug-likeness (QED) is 0.151. The van der Waals surface area contributed by atoms with Crippen molar-refractivity contribution >= 4 is 50.7 Å². The van der Waals surface area contributed by atoms with Crippen LogP contribution in [0.25, 0.3) is 10.9 Å². The summed E-state index contributed by atoms with van der Waals surface area (Å²) in [5.41, 5.74) is -4.24. The number of methoxy groups -OCH3 is 1. The molecule has 2 heterocycles. The van der Waals surface area contributed by atoms with Crippen LogP contribution in [0.15, 0.2) is 30.4 Å². The lowest BCUT2D eigenvalue weighted by atomic mass is 10.0. The van der Waals surface area contributed by atoms with E-state index in [1.165, 1.54) is 21.0 Å². The SMILES string of the molecule is C/C=C\[C@@H]1C[C@]1(NC(=O)[C@@H]1C[C@@H](Oc2nc(N(C)CCC)nc3cc(OC)ccc23)CN1C(=O)[C@@H](NC(=O)OC(C)(C)C(F)(F)F)C(C)C)C(=O)NS(=O)(=O)C1(CF)CC1. The van der Waals surface area contributed by atoms with Gasteiger partial charge in [0.25, 0.3) is 5.91 Å². The molecule has 60 heavy (non-hydrogen) atoms. The van der Waals surface area contributed by atoms with Crippen molar-refractivity contribution in [2.24, 2.45) is 11.8 Å². The molecule has 5 rings (SSSR count). The fourth-order valence-electron chi connectivity index (χ4n) is 7.01. The summed E-state index contributed by atoms with van der Waals surface area (Å²) < 4.78 is 97.6. The summed E-state index contributed by atoms with van der Waals surface area (Å²) in [5.74, 6) is -3.32. The maximum Gasteiger partial charge on any atom is 0.427 e. The summed E-state index contributed by atoms with van der Waals surface area (Å²) >= 11 is 0. The van der Waals surface area contributed by atoms with Crippen LogP contribution in [0.5, 0.6) is 11.6 Å². The van der Waals surface area contributed by atoms with Crippen molar-refractivity contribution in [3.63, 3.8) is 0 Å². The molecule has 1 aliphatic heterocycles. The number of benzene rings is 1. The van der Waals surface area contributed by atoms with Crippen LogP contribution in [0.2, 0.25) is 0 Å². The van der Waals surface area contributed by atoms with Crippen LogP contribution in [-0.2, 0) is 29.1 Å². The fraction of sp³-hybridized carbons (Fsp3) is 0.641. The maximum absolute atomic E-state index is 14.5. The number of hydrogen-bond donors (Lipinski definition) is 3. The molecule has 0 spiro atoms. The van der Waals surface area contributed by atoms with E-state index < -0.39 is 92.6 Å². The Labute approximate surface area is 346 Å². The molecule has 2 aromatic rings. The number of carbonyl (C=O) groups is 4. The van der Waals surface area contributed by atoms with E-state index in [-0.39, 0.29) is 38.1 Å². The number of ether oxygens (including phenoxy) is 3. The topological polar surface area (TPSA) is 198 Å². The minimum absolute atomic E-state index is 0.0160. The summed E-state index contributed by atoms with van der Waals surface area (Å²) in [6.45, 7) is 7.10. The van der Waals surface area contributed by atoms with E-state index in [1.807, 2.05) is 16.5 Å². The average Bonchev–Trinajstić information content (AvgIpc) is 4.07. The van der Waals surface area contributed by atoms with Gasteiger partial charge in [-0.3, -0.25) is 19.1 Å². The third-order valence-corrected chi connectivity index (χ3v) is 13.3. The number of rotatable bonds is 17. The third kappa shape index (κ3) is 9.34. The molecular weight excluding hydrogens is 819 g/mol. The summed E-state index contributed by atoms with van der Waals surface area (Å²) in [4.78, 5) is 67.8. The molecule has 5 atom stereocenters.